The highest BCUT2D eigenvalue weighted by Crippen LogP contribution is 2.30. The first-order valence-electron chi connectivity index (χ1n) is 15.7. The summed E-state index contributed by atoms with van der Waals surface area (Å²) in [4.78, 5) is 66.7. The number of Topliss-reactive ketones (excluding diaryl/α,β-unsaturated/α-hetero) is 1. The van der Waals surface area contributed by atoms with E-state index in [1.54, 1.807) is 57.1 Å². The van der Waals surface area contributed by atoms with Crippen molar-refractivity contribution in [3.8, 4) is 0 Å². The molecule has 0 spiro atoms. The summed E-state index contributed by atoms with van der Waals surface area (Å²) >= 11 is 0. The summed E-state index contributed by atoms with van der Waals surface area (Å²) in [7, 11) is 6.43. The first-order chi connectivity index (χ1) is 22.6. The van der Waals surface area contributed by atoms with E-state index in [-0.39, 0.29) is 48.0 Å². The van der Waals surface area contributed by atoms with Gasteiger partial charge >= 0.3 is 12.1 Å². The van der Waals surface area contributed by atoms with E-state index < -0.39 is 59.9 Å². The molecule has 1 aliphatic heterocycles. The lowest BCUT2D eigenvalue weighted by Gasteiger charge is -2.33. The Morgan fingerprint density at radius 1 is 1.12 bits per heavy atom. The maximum Gasteiger partial charge on any atom is 0.405 e. The predicted octanol–water partition coefficient (Wildman–Crippen LogP) is 2.65. The van der Waals surface area contributed by atoms with Crippen molar-refractivity contribution in [2.24, 2.45) is 17.6 Å². The number of carbonyl (C=O) groups excluding carboxylic acids is 5. The molecule has 0 aromatic rings. The summed E-state index contributed by atoms with van der Waals surface area (Å²) < 4.78 is 23.0. The molecule has 0 aromatic carbocycles. The van der Waals surface area contributed by atoms with Crippen molar-refractivity contribution in [1.29, 1.82) is 0 Å². The number of ether oxygens (including phenoxy) is 4. The minimum Gasteiger partial charge on any atom is -0.458 e. The molecule has 1 aliphatic carbocycles. The molecule has 48 heavy (non-hydrogen) atoms. The van der Waals surface area contributed by atoms with Crippen LogP contribution in [0, 0.1) is 11.8 Å². The van der Waals surface area contributed by atoms with E-state index in [1.807, 2.05) is 13.8 Å². The third kappa shape index (κ3) is 11.4. The molecule has 264 valence electrons. The van der Waals surface area contributed by atoms with E-state index in [2.05, 4.69) is 17.2 Å². The van der Waals surface area contributed by atoms with Gasteiger partial charge in [-0.1, -0.05) is 44.2 Å². The number of likely N-dealkylation sites (N-methyl/N-ethyl adjacent to an activating group) is 1. The molecular formula is C35H50N4O9. The van der Waals surface area contributed by atoms with E-state index in [0.29, 0.717) is 12.0 Å². The topological polar surface area (TPSA) is 176 Å². The number of nitrogens with one attached hydrogen (secondary N) is 2. The van der Waals surface area contributed by atoms with Gasteiger partial charge in [0.05, 0.1) is 24.0 Å². The predicted molar refractivity (Wildman–Crippen MR) is 180 cm³/mol. The summed E-state index contributed by atoms with van der Waals surface area (Å²) in [5.74, 6) is -2.75. The summed E-state index contributed by atoms with van der Waals surface area (Å²) in [6.45, 7) is 11.0. The fraction of sp³-hybridized carbons (Fsp3) is 0.514. The number of ketones is 2. The highest BCUT2D eigenvalue weighted by molar-refractivity contribution is 6.23. The standard InChI is InChI=1S/C35H50N4O9/c1-10-14-37-30-24-15-20(2)16-28(46-9)33(47-29(41)19-39(6)7)23(5)17-22(4)32(48-35(36)44)27(45-8)13-11-12-21(3)34(43)38-25(31(24)42)18-26(30)40/h10-13,17-18,20,23,27-28,32-33,37H,1,14-16,19H2,2-9H3,(H2,36,44)(H,38,43)/b13-11-,21-12+,22-17+/t20-,23+,27-,28+,32+,33-/m1/s1. The van der Waals surface area contributed by atoms with Crippen LogP contribution in [0.3, 0.4) is 0 Å². The van der Waals surface area contributed by atoms with Gasteiger partial charge in [0.25, 0.3) is 5.91 Å². The third-order valence-electron chi connectivity index (χ3n) is 7.89. The molecule has 2 amide bonds. The summed E-state index contributed by atoms with van der Waals surface area (Å²) in [5.41, 5.74) is 6.41. The molecule has 0 radical (unpaired) electrons. The number of fused-ring (bicyclic) bond motifs is 2. The Bertz CT molecular complexity index is 1390. The molecule has 13 heteroatoms. The van der Waals surface area contributed by atoms with Crippen molar-refractivity contribution >= 4 is 29.5 Å². The van der Waals surface area contributed by atoms with Gasteiger partial charge in [0, 0.05) is 43.9 Å². The van der Waals surface area contributed by atoms with Crippen LogP contribution in [0.1, 0.15) is 40.5 Å². The number of nitrogens with zero attached hydrogens (tertiary/aromatic N) is 1. The molecule has 6 atom stereocenters. The van der Waals surface area contributed by atoms with Gasteiger partial charge < -0.3 is 35.3 Å². The van der Waals surface area contributed by atoms with E-state index >= 15 is 0 Å². The van der Waals surface area contributed by atoms with Crippen molar-refractivity contribution in [2.75, 3.05) is 41.4 Å². The van der Waals surface area contributed by atoms with Crippen molar-refractivity contribution in [3.05, 3.63) is 71.1 Å². The average Bonchev–Trinajstić information content (AvgIpc) is 3.00. The lowest BCUT2D eigenvalue weighted by molar-refractivity contribution is -0.161. The first-order valence-corrected chi connectivity index (χ1v) is 15.7. The SMILES string of the molecule is C=CCNC1=C2C[C@@H](C)C[C@H](OC)[C@H](OC(=O)CN(C)C)[C@@H](C)/C=C(\C)[C@H](OC(N)=O)[C@H](OC)/C=C\C=C(/C)C(=O)NC(=CC1=O)C2=O. The Labute approximate surface area is 282 Å². The monoisotopic (exact) mass is 670 g/mol. The largest absolute Gasteiger partial charge is 0.458 e. The normalized spacial score (nSPS) is 29.1. The Hall–Kier alpha value is -4.33. The molecule has 2 aliphatic rings. The van der Waals surface area contributed by atoms with Gasteiger partial charge in [-0.2, -0.15) is 0 Å². The fourth-order valence-corrected chi connectivity index (χ4v) is 5.57. The maximum atomic E-state index is 13.8. The molecule has 0 saturated heterocycles. The summed E-state index contributed by atoms with van der Waals surface area (Å²) in [6.07, 6.45) is 5.32. The first kappa shape index (κ1) is 39.8. The number of nitrogens with two attached hydrogens (primary N) is 1. The number of carbonyl (C=O) groups is 5. The molecule has 0 unspecified atom stereocenters. The Balaban J connectivity index is 2.74. The Morgan fingerprint density at radius 3 is 2.40 bits per heavy atom. The quantitative estimate of drug-likeness (QED) is 0.187. The highest BCUT2D eigenvalue weighted by Gasteiger charge is 2.35. The fourth-order valence-electron chi connectivity index (χ4n) is 5.57. The molecule has 4 N–H and O–H groups in total. The van der Waals surface area contributed by atoms with E-state index in [4.69, 9.17) is 24.7 Å². The van der Waals surface area contributed by atoms with Gasteiger partial charge in [0.1, 0.15) is 12.2 Å². The smallest absolute Gasteiger partial charge is 0.405 e. The Kier molecular flexibility index (Phi) is 15.7. The van der Waals surface area contributed by atoms with Crippen LogP contribution in [0.25, 0.3) is 0 Å². The molecule has 0 aromatic heterocycles. The maximum absolute atomic E-state index is 13.8. The van der Waals surface area contributed by atoms with Crippen LogP contribution < -0.4 is 16.4 Å². The van der Waals surface area contributed by atoms with Crippen LogP contribution >= 0.6 is 0 Å². The van der Waals surface area contributed by atoms with Crippen LogP contribution in [0.4, 0.5) is 4.79 Å². The number of rotatable bonds is 9. The molecule has 0 saturated carbocycles. The number of primary amides is 1. The lowest BCUT2D eigenvalue weighted by Crippen LogP contribution is -2.41. The van der Waals surface area contributed by atoms with Crippen LogP contribution in [-0.2, 0) is 38.1 Å². The van der Waals surface area contributed by atoms with Crippen LogP contribution in [0.5, 0.6) is 0 Å². The molecule has 2 bridgehead atoms. The number of hydrogen-bond acceptors (Lipinski definition) is 11. The van der Waals surface area contributed by atoms with Crippen molar-refractivity contribution in [3.63, 3.8) is 0 Å². The van der Waals surface area contributed by atoms with Crippen molar-refractivity contribution < 1.29 is 42.9 Å². The van der Waals surface area contributed by atoms with E-state index in [9.17, 15) is 24.0 Å². The number of esters is 1. The second-order valence-electron chi connectivity index (χ2n) is 12.3. The molecule has 0 fully saturated rings. The van der Waals surface area contributed by atoms with Gasteiger partial charge in [-0.15, -0.1) is 6.58 Å². The van der Waals surface area contributed by atoms with E-state index in [0.717, 1.165) is 6.08 Å². The van der Waals surface area contributed by atoms with Crippen LogP contribution in [0.2, 0.25) is 0 Å². The number of amides is 2. The number of methoxy groups -OCH3 is 2. The number of hydrogen-bond donors (Lipinski definition) is 3. The van der Waals surface area contributed by atoms with Gasteiger partial charge in [-0.05, 0) is 52.3 Å². The second kappa shape index (κ2) is 18.9. The molecule has 1 heterocycles. The zero-order valence-electron chi connectivity index (χ0n) is 29.2. The lowest BCUT2D eigenvalue weighted by atomic mass is 9.85. The van der Waals surface area contributed by atoms with Crippen LogP contribution in [0.15, 0.2) is 71.1 Å². The summed E-state index contributed by atoms with van der Waals surface area (Å²) in [6, 6.07) is 0. The van der Waals surface area contributed by atoms with E-state index in [1.165, 1.54) is 20.3 Å². The minimum atomic E-state index is -1.02. The van der Waals surface area contributed by atoms with Crippen molar-refractivity contribution in [1.82, 2.24) is 15.5 Å². The zero-order valence-corrected chi connectivity index (χ0v) is 29.2. The minimum absolute atomic E-state index is 0.0253. The summed E-state index contributed by atoms with van der Waals surface area (Å²) in [5, 5.41) is 5.56. The molecule has 13 nitrogen and oxygen atoms in total. The molecule has 2 rings (SSSR count). The third-order valence-corrected chi connectivity index (χ3v) is 7.89. The Morgan fingerprint density at radius 2 is 1.81 bits per heavy atom. The van der Waals surface area contributed by atoms with Gasteiger partial charge in [-0.25, -0.2) is 4.79 Å². The molecular weight excluding hydrogens is 620 g/mol. The van der Waals surface area contributed by atoms with Gasteiger partial charge in [0.15, 0.2) is 6.10 Å². The van der Waals surface area contributed by atoms with Gasteiger partial charge in [-0.3, -0.25) is 24.1 Å². The van der Waals surface area contributed by atoms with Crippen LogP contribution in [-0.4, -0.2) is 100 Å². The van der Waals surface area contributed by atoms with Gasteiger partial charge in [0.2, 0.25) is 11.6 Å². The highest BCUT2D eigenvalue weighted by atomic mass is 16.6. The van der Waals surface area contributed by atoms with Crippen molar-refractivity contribution in [2.45, 2.75) is 65.0 Å². The average molecular weight is 671 g/mol. The zero-order chi connectivity index (χ0) is 36.1. The number of allylic oxidation sites excluding steroid dienone is 4. The second-order valence-corrected chi connectivity index (χ2v) is 12.3.